The van der Waals surface area contributed by atoms with Crippen LogP contribution in [0.25, 0.3) is 11.1 Å². The Morgan fingerprint density at radius 2 is 1.62 bits per heavy atom. The van der Waals surface area contributed by atoms with Gasteiger partial charge in [-0.15, -0.1) is 8.78 Å². The molecule has 1 saturated carbocycles. The fourth-order valence-electron chi connectivity index (χ4n) is 4.68. The average molecular weight is 530 g/mol. The van der Waals surface area contributed by atoms with Gasteiger partial charge in [0.1, 0.15) is 5.78 Å². The number of aryl methyl sites for hydroxylation is 1. The summed E-state index contributed by atoms with van der Waals surface area (Å²) in [5.74, 6) is 0.0127. The first-order valence-electron chi connectivity index (χ1n) is 11.7. The summed E-state index contributed by atoms with van der Waals surface area (Å²) in [6.45, 7) is 2.63. The summed E-state index contributed by atoms with van der Waals surface area (Å²) >= 11 is 0. The molecule has 9 heteroatoms. The molecule has 1 unspecified atom stereocenters. The molecule has 0 radical (unpaired) electrons. The van der Waals surface area contributed by atoms with Gasteiger partial charge in [-0.25, -0.2) is 8.51 Å². The molecule has 1 heterocycles. The van der Waals surface area contributed by atoms with Crippen LogP contribution in [0.1, 0.15) is 35.1 Å². The standard InChI is InChI=1S/C28H27F2NO4S.H2O/c1-18-4-5-20(14-23(18)21-8-6-19(7-9-21)17-31(2)36(3)33)15-26(32)27(12-13-27)22-10-11-24-25(16-22)35-28(29,30)34-24;/h4-11,14,16H,12-13,15,17H2,1-3H3;1H2. The van der Waals surface area contributed by atoms with Gasteiger partial charge in [-0.05, 0) is 65.3 Å². The summed E-state index contributed by atoms with van der Waals surface area (Å²) in [4.78, 5) is 13.4. The highest BCUT2D eigenvalue weighted by molar-refractivity contribution is 7.81. The third kappa shape index (κ3) is 5.44. The van der Waals surface area contributed by atoms with Gasteiger partial charge >= 0.3 is 6.29 Å². The van der Waals surface area contributed by atoms with Crippen LogP contribution in [0.2, 0.25) is 0 Å². The highest BCUT2D eigenvalue weighted by Crippen LogP contribution is 2.52. The second kappa shape index (κ2) is 9.96. The second-order valence-electron chi connectivity index (χ2n) is 9.57. The number of ketones is 1. The zero-order valence-electron chi connectivity index (χ0n) is 20.8. The van der Waals surface area contributed by atoms with Crippen molar-refractivity contribution >= 4 is 16.8 Å². The second-order valence-corrected chi connectivity index (χ2v) is 11.0. The van der Waals surface area contributed by atoms with Crippen molar-refractivity contribution in [2.24, 2.45) is 0 Å². The fraction of sp³-hybridized carbons (Fsp3) is 0.321. The van der Waals surface area contributed by atoms with Crippen LogP contribution in [0.5, 0.6) is 11.5 Å². The maximum atomic E-state index is 13.4. The highest BCUT2D eigenvalue weighted by Gasteiger charge is 2.52. The Labute approximate surface area is 217 Å². The molecule has 6 nitrogen and oxygen atoms in total. The molecule has 0 bridgehead atoms. The fourth-order valence-corrected chi connectivity index (χ4v) is 5.01. The predicted molar refractivity (Wildman–Crippen MR) is 138 cm³/mol. The third-order valence-electron chi connectivity index (χ3n) is 7.01. The van der Waals surface area contributed by atoms with Crippen molar-refractivity contribution in [3.63, 3.8) is 0 Å². The lowest BCUT2D eigenvalue weighted by molar-refractivity contribution is -0.286. The Kier molecular flexibility index (Phi) is 7.25. The molecule has 1 aliphatic heterocycles. The number of halogens is 2. The van der Waals surface area contributed by atoms with E-state index >= 15 is 0 Å². The Bertz CT molecular complexity index is 1360. The molecule has 2 N–H and O–H groups in total. The van der Waals surface area contributed by atoms with E-state index < -0.39 is 22.7 Å². The topological polar surface area (TPSA) is 87.3 Å². The number of nitrogens with zero attached hydrogens (tertiary/aromatic N) is 1. The predicted octanol–water partition coefficient (Wildman–Crippen LogP) is 4.73. The molecular formula is C28H29F2NO5S. The summed E-state index contributed by atoms with van der Waals surface area (Å²) in [6.07, 6.45) is -0.411. The van der Waals surface area contributed by atoms with E-state index in [0.29, 0.717) is 24.9 Å². The molecule has 5 rings (SSSR count). The number of hydrogen-bond acceptors (Lipinski definition) is 4. The first-order chi connectivity index (χ1) is 17.1. The molecule has 1 atom stereocenters. The van der Waals surface area contributed by atoms with Crippen LogP contribution >= 0.6 is 0 Å². The van der Waals surface area contributed by atoms with E-state index in [1.807, 2.05) is 56.4 Å². The van der Waals surface area contributed by atoms with Crippen molar-refractivity contribution in [3.8, 4) is 22.6 Å². The maximum Gasteiger partial charge on any atom is 0.586 e. The average Bonchev–Trinajstić information content (AvgIpc) is 3.58. The lowest BCUT2D eigenvalue weighted by Gasteiger charge is -2.16. The number of alkyl halides is 2. The molecule has 3 aromatic carbocycles. The van der Waals surface area contributed by atoms with E-state index in [9.17, 15) is 17.8 Å². The van der Waals surface area contributed by atoms with Crippen molar-refractivity contribution in [3.05, 3.63) is 82.9 Å². The molecule has 37 heavy (non-hydrogen) atoms. The van der Waals surface area contributed by atoms with Crippen LogP contribution in [0.3, 0.4) is 0 Å². The summed E-state index contributed by atoms with van der Waals surface area (Å²) in [5, 5.41) is 0. The van der Waals surface area contributed by atoms with Crippen LogP contribution in [-0.4, -0.2) is 39.4 Å². The van der Waals surface area contributed by atoms with Crippen molar-refractivity contribution < 1.29 is 32.7 Å². The Hall–Kier alpha value is -3.14. The Morgan fingerprint density at radius 1 is 0.973 bits per heavy atom. The van der Waals surface area contributed by atoms with Gasteiger partial charge in [0.05, 0.1) is 16.4 Å². The quantitative estimate of drug-likeness (QED) is 0.422. The number of carbonyl (C=O) groups excluding carboxylic acids is 1. The lowest BCUT2D eigenvalue weighted by Crippen LogP contribution is -2.26. The molecule has 1 fully saturated rings. The van der Waals surface area contributed by atoms with Crippen molar-refractivity contribution in [2.75, 3.05) is 13.3 Å². The van der Waals surface area contributed by atoms with Gasteiger partial charge in [-0.2, -0.15) is 0 Å². The maximum absolute atomic E-state index is 13.4. The number of hydrogen-bond donors (Lipinski definition) is 0. The summed E-state index contributed by atoms with van der Waals surface area (Å²) in [5.41, 5.74) is 5.19. The lowest BCUT2D eigenvalue weighted by atomic mass is 9.87. The van der Waals surface area contributed by atoms with Crippen molar-refractivity contribution in [1.82, 2.24) is 4.31 Å². The summed E-state index contributed by atoms with van der Waals surface area (Å²) < 4.78 is 49.3. The molecule has 0 saturated heterocycles. The number of carbonyl (C=O) groups is 1. The van der Waals surface area contributed by atoms with Crippen LogP contribution < -0.4 is 9.47 Å². The van der Waals surface area contributed by atoms with E-state index in [1.165, 1.54) is 12.1 Å². The number of rotatable bonds is 8. The Balaban J connectivity index is 0.00000320. The van der Waals surface area contributed by atoms with E-state index in [0.717, 1.165) is 27.8 Å². The molecule has 2 aliphatic rings. The van der Waals surface area contributed by atoms with Crippen LogP contribution in [0, 0.1) is 6.92 Å². The highest BCUT2D eigenvalue weighted by atomic mass is 32.2. The minimum absolute atomic E-state index is 0. The number of benzene rings is 3. The van der Waals surface area contributed by atoms with Gasteiger partial charge in [0.25, 0.3) is 0 Å². The molecular weight excluding hydrogens is 500 g/mol. The van der Waals surface area contributed by atoms with Crippen LogP contribution in [0.4, 0.5) is 8.78 Å². The normalized spacial score (nSPS) is 17.2. The zero-order chi connectivity index (χ0) is 25.7. The molecule has 1 aliphatic carbocycles. The van der Waals surface area contributed by atoms with Crippen LogP contribution in [-0.2, 0) is 34.2 Å². The number of ether oxygens (including phenoxy) is 2. The van der Waals surface area contributed by atoms with Gasteiger partial charge in [-0.1, -0.05) is 48.5 Å². The van der Waals surface area contributed by atoms with E-state index in [1.54, 1.807) is 16.6 Å². The number of Topliss-reactive ketones (excluding diaryl/α,β-unsaturated/α-hetero) is 1. The zero-order valence-corrected chi connectivity index (χ0v) is 21.7. The molecule has 0 amide bonds. The largest absolute Gasteiger partial charge is 0.586 e. The van der Waals surface area contributed by atoms with Gasteiger partial charge in [0.2, 0.25) is 0 Å². The van der Waals surface area contributed by atoms with Gasteiger partial charge < -0.3 is 14.9 Å². The van der Waals surface area contributed by atoms with Gasteiger partial charge in [0, 0.05) is 26.3 Å². The molecule has 0 spiro atoms. The monoisotopic (exact) mass is 529 g/mol. The molecule has 0 aromatic heterocycles. The van der Waals surface area contributed by atoms with Crippen molar-refractivity contribution in [1.29, 1.82) is 0 Å². The first kappa shape index (κ1) is 26.9. The van der Waals surface area contributed by atoms with E-state index in [-0.39, 0.29) is 29.2 Å². The third-order valence-corrected chi connectivity index (χ3v) is 8.02. The van der Waals surface area contributed by atoms with E-state index in [2.05, 4.69) is 9.47 Å². The van der Waals surface area contributed by atoms with E-state index in [4.69, 9.17) is 0 Å². The number of fused-ring (bicyclic) bond motifs is 1. The Morgan fingerprint density at radius 3 is 2.27 bits per heavy atom. The van der Waals surface area contributed by atoms with Gasteiger partial charge in [0.15, 0.2) is 11.5 Å². The first-order valence-corrected chi connectivity index (χ1v) is 13.2. The molecule has 3 aromatic rings. The summed E-state index contributed by atoms with van der Waals surface area (Å²) in [7, 11) is 0.790. The smallest absolute Gasteiger partial charge is 0.412 e. The van der Waals surface area contributed by atoms with Crippen molar-refractivity contribution in [2.45, 2.75) is 44.4 Å². The minimum Gasteiger partial charge on any atom is -0.412 e. The van der Waals surface area contributed by atoms with Gasteiger partial charge in [-0.3, -0.25) is 4.79 Å². The summed E-state index contributed by atoms with van der Waals surface area (Å²) in [6, 6.07) is 18.8. The van der Waals surface area contributed by atoms with Crippen LogP contribution in [0.15, 0.2) is 60.7 Å². The SMILES string of the molecule is Cc1ccc(CC(=O)C2(c3ccc4c(c3)OC(F)(F)O4)CC2)cc1-c1ccc(CN(C)S(C)=O)cc1.O. The minimum atomic E-state index is -3.68. The molecule has 196 valence electrons.